The number of aromatic nitrogens is 8. The summed E-state index contributed by atoms with van der Waals surface area (Å²) in [6, 6.07) is 16.1. The number of hydrogen-bond acceptors (Lipinski definition) is 6. The molecule has 2 aromatic carbocycles. The molecule has 1 N–H and O–H groups in total. The first kappa shape index (κ1) is 22.5. The third kappa shape index (κ3) is 4.18. The van der Waals surface area contributed by atoms with Gasteiger partial charge in [0.25, 0.3) is 5.56 Å². The van der Waals surface area contributed by atoms with Crippen molar-refractivity contribution in [2.24, 2.45) is 0 Å². The standard InChI is InChI=1S/C25H26N8O2/c1-3-7-21-27-23-22(24(34)31(14-4-2)25(35)28-23)32(21)15-17-10-12-18(13-11-17)19-8-5-6-9-20(19)33-16-26-29-30-33/h5-6,8-13,16H,3-4,7,14-15H2,1-2H3,(H,28,35). The fourth-order valence-electron chi connectivity index (χ4n) is 4.36. The van der Waals surface area contributed by atoms with Crippen LogP contribution >= 0.6 is 0 Å². The number of aromatic amines is 1. The molecule has 0 radical (unpaired) electrons. The average molecular weight is 471 g/mol. The molecule has 0 aliphatic carbocycles. The summed E-state index contributed by atoms with van der Waals surface area (Å²) in [5.41, 5.74) is 4.02. The number of H-pyrrole nitrogens is 1. The molecule has 3 aromatic heterocycles. The predicted molar refractivity (Wildman–Crippen MR) is 133 cm³/mol. The van der Waals surface area contributed by atoms with Crippen LogP contribution in [0.4, 0.5) is 0 Å². The van der Waals surface area contributed by atoms with Crippen molar-refractivity contribution in [1.29, 1.82) is 0 Å². The minimum absolute atomic E-state index is 0.299. The summed E-state index contributed by atoms with van der Waals surface area (Å²) >= 11 is 0. The molecule has 0 spiro atoms. The Labute approximate surface area is 200 Å². The maximum Gasteiger partial charge on any atom is 0.330 e. The molecule has 10 nitrogen and oxygen atoms in total. The van der Waals surface area contributed by atoms with Crippen molar-refractivity contribution in [3.63, 3.8) is 0 Å². The molecule has 0 amide bonds. The van der Waals surface area contributed by atoms with Crippen molar-refractivity contribution in [2.75, 3.05) is 0 Å². The lowest BCUT2D eigenvalue weighted by atomic mass is 10.0. The van der Waals surface area contributed by atoms with Crippen molar-refractivity contribution < 1.29 is 0 Å². The molecular weight excluding hydrogens is 444 g/mol. The number of imidazole rings is 1. The normalized spacial score (nSPS) is 11.4. The lowest BCUT2D eigenvalue weighted by molar-refractivity contribution is 0.618. The molecule has 0 saturated carbocycles. The van der Waals surface area contributed by atoms with Crippen LogP contribution < -0.4 is 11.2 Å². The van der Waals surface area contributed by atoms with E-state index in [1.54, 1.807) is 11.0 Å². The lowest BCUT2D eigenvalue weighted by Gasteiger charge is -2.12. The van der Waals surface area contributed by atoms with E-state index in [1.165, 1.54) is 4.57 Å². The Bertz CT molecular complexity index is 1580. The number of benzene rings is 2. The Morgan fingerprint density at radius 2 is 1.74 bits per heavy atom. The Morgan fingerprint density at radius 3 is 2.46 bits per heavy atom. The maximum absolute atomic E-state index is 13.2. The number of fused-ring (bicyclic) bond motifs is 1. The smallest absolute Gasteiger partial charge is 0.318 e. The Balaban J connectivity index is 1.54. The molecule has 10 heteroatoms. The van der Waals surface area contributed by atoms with Crippen molar-refractivity contribution >= 4 is 11.2 Å². The van der Waals surface area contributed by atoms with Gasteiger partial charge in [0.2, 0.25) is 0 Å². The molecular formula is C25H26N8O2. The van der Waals surface area contributed by atoms with E-state index in [9.17, 15) is 9.59 Å². The van der Waals surface area contributed by atoms with Crippen LogP contribution in [0.1, 0.15) is 38.1 Å². The van der Waals surface area contributed by atoms with E-state index in [2.05, 4.69) is 32.4 Å². The molecule has 0 aliphatic rings. The molecule has 0 fully saturated rings. The van der Waals surface area contributed by atoms with Crippen LogP contribution in [0.15, 0.2) is 64.4 Å². The number of para-hydroxylation sites is 1. The third-order valence-electron chi connectivity index (χ3n) is 5.99. The number of aryl methyl sites for hydroxylation is 1. The van der Waals surface area contributed by atoms with Crippen LogP contribution in [0.3, 0.4) is 0 Å². The van der Waals surface area contributed by atoms with E-state index in [4.69, 9.17) is 0 Å². The van der Waals surface area contributed by atoms with E-state index in [1.807, 2.05) is 60.0 Å². The van der Waals surface area contributed by atoms with Crippen LogP contribution in [-0.4, -0.2) is 39.3 Å². The number of rotatable bonds is 8. The Morgan fingerprint density at radius 1 is 0.943 bits per heavy atom. The van der Waals surface area contributed by atoms with E-state index < -0.39 is 5.69 Å². The van der Waals surface area contributed by atoms with Crippen molar-refractivity contribution in [3.05, 3.63) is 87.1 Å². The molecule has 0 atom stereocenters. The molecule has 0 saturated heterocycles. The number of tetrazole rings is 1. The van der Waals surface area contributed by atoms with E-state index in [0.29, 0.717) is 37.1 Å². The highest BCUT2D eigenvalue weighted by molar-refractivity contribution is 5.73. The van der Waals surface area contributed by atoms with Gasteiger partial charge < -0.3 is 4.57 Å². The van der Waals surface area contributed by atoms with Gasteiger partial charge in [0, 0.05) is 25.1 Å². The minimum Gasteiger partial charge on any atom is -0.318 e. The van der Waals surface area contributed by atoms with Crippen LogP contribution in [0.25, 0.3) is 28.0 Å². The van der Waals surface area contributed by atoms with Gasteiger partial charge in [-0.25, -0.2) is 9.78 Å². The first-order chi connectivity index (χ1) is 17.1. The summed E-state index contributed by atoms with van der Waals surface area (Å²) < 4.78 is 4.84. The number of nitrogens with one attached hydrogen (secondary N) is 1. The topological polar surface area (TPSA) is 116 Å². The zero-order chi connectivity index (χ0) is 24.4. The monoisotopic (exact) mass is 470 g/mol. The SMILES string of the molecule is CCCc1nc2[nH]c(=O)n(CCC)c(=O)c2n1Cc1ccc(-c2ccccc2-n2cnnn2)cc1. The number of hydrogen-bond donors (Lipinski definition) is 1. The van der Waals surface area contributed by atoms with Gasteiger partial charge in [0.15, 0.2) is 11.2 Å². The summed E-state index contributed by atoms with van der Waals surface area (Å²) in [5.74, 6) is 0.789. The highest BCUT2D eigenvalue weighted by atomic mass is 16.2. The molecule has 0 unspecified atom stereocenters. The van der Waals surface area contributed by atoms with Crippen LogP contribution in [0.2, 0.25) is 0 Å². The lowest BCUT2D eigenvalue weighted by Crippen LogP contribution is -2.35. The average Bonchev–Trinajstić information content (AvgIpc) is 3.51. The van der Waals surface area contributed by atoms with Crippen molar-refractivity contribution in [3.8, 4) is 16.8 Å². The van der Waals surface area contributed by atoms with Crippen LogP contribution in [0.5, 0.6) is 0 Å². The fourth-order valence-corrected chi connectivity index (χ4v) is 4.36. The third-order valence-corrected chi connectivity index (χ3v) is 5.99. The second kappa shape index (κ2) is 9.49. The minimum atomic E-state index is -0.414. The zero-order valence-electron chi connectivity index (χ0n) is 19.7. The quantitative estimate of drug-likeness (QED) is 0.373. The summed E-state index contributed by atoms with van der Waals surface area (Å²) in [6.45, 7) is 4.86. The van der Waals surface area contributed by atoms with Crippen molar-refractivity contribution in [1.82, 2.24) is 39.3 Å². The van der Waals surface area contributed by atoms with Gasteiger partial charge in [-0.2, -0.15) is 4.68 Å². The second-order valence-electron chi connectivity index (χ2n) is 8.42. The summed E-state index contributed by atoms with van der Waals surface area (Å²) in [7, 11) is 0. The maximum atomic E-state index is 13.2. The molecule has 3 heterocycles. The summed E-state index contributed by atoms with van der Waals surface area (Å²) in [4.78, 5) is 33.0. The molecule has 178 valence electrons. The van der Waals surface area contributed by atoms with E-state index in [-0.39, 0.29) is 5.56 Å². The highest BCUT2D eigenvalue weighted by Crippen LogP contribution is 2.26. The van der Waals surface area contributed by atoms with Crippen molar-refractivity contribution in [2.45, 2.75) is 46.2 Å². The summed E-state index contributed by atoms with van der Waals surface area (Å²) in [6.07, 6.45) is 3.85. The van der Waals surface area contributed by atoms with E-state index in [0.717, 1.165) is 34.6 Å². The molecule has 5 rings (SSSR count). The van der Waals surface area contributed by atoms with Gasteiger partial charge in [-0.3, -0.25) is 14.3 Å². The van der Waals surface area contributed by atoms with Gasteiger partial charge in [0.05, 0.1) is 5.69 Å². The number of nitrogens with zero attached hydrogens (tertiary/aromatic N) is 7. The largest absolute Gasteiger partial charge is 0.330 e. The molecule has 0 bridgehead atoms. The Kier molecular flexibility index (Phi) is 6.09. The first-order valence-electron chi connectivity index (χ1n) is 11.7. The zero-order valence-corrected chi connectivity index (χ0v) is 19.7. The molecule has 5 aromatic rings. The molecule has 0 aliphatic heterocycles. The molecule has 35 heavy (non-hydrogen) atoms. The Hall–Kier alpha value is -4.34. The van der Waals surface area contributed by atoms with E-state index >= 15 is 0 Å². The second-order valence-corrected chi connectivity index (χ2v) is 8.42. The van der Waals surface area contributed by atoms with Gasteiger partial charge in [-0.1, -0.05) is 56.3 Å². The first-order valence-corrected chi connectivity index (χ1v) is 11.7. The van der Waals surface area contributed by atoms with Gasteiger partial charge in [-0.15, -0.1) is 5.10 Å². The predicted octanol–water partition coefficient (Wildman–Crippen LogP) is 2.94. The van der Waals surface area contributed by atoms with Gasteiger partial charge in [0.1, 0.15) is 12.2 Å². The van der Waals surface area contributed by atoms with Gasteiger partial charge in [-0.05, 0) is 40.5 Å². The van der Waals surface area contributed by atoms with Crippen LogP contribution in [-0.2, 0) is 19.5 Å². The van der Waals surface area contributed by atoms with Crippen LogP contribution in [0, 0.1) is 0 Å². The summed E-state index contributed by atoms with van der Waals surface area (Å²) in [5, 5.41) is 11.5. The van der Waals surface area contributed by atoms with Gasteiger partial charge >= 0.3 is 5.69 Å². The highest BCUT2D eigenvalue weighted by Gasteiger charge is 2.18. The fraction of sp³-hybridized carbons (Fsp3) is 0.280.